The van der Waals surface area contributed by atoms with E-state index in [-0.39, 0.29) is 12.1 Å². The van der Waals surface area contributed by atoms with Crippen LogP contribution in [0.1, 0.15) is 73.3 Å². The molecule has 2 atom stereocenters. The van der Waals surface area contributed by atoms with Gasteiger partial charge in [0.2, 0.25) is 0 Å². The molecule has 63 heavy (non-hydrogen) atoms. The van der Waals surface area contributed by atoms with Gasteiger partial charge in [-0.2, -0.15) is 0 Å². The number of rotatable bonds is 4. The average molecular weight is 816 g/mol. The zero-order chi connectivity index (χ0) is 43.0. The van der Waals surface area contributed by atoms with Crippen LogP contribution >= 0.6 is 0 Å². The van der Waals surface area contributed by atoms with Crippen molar-refractivity contribution >= 4 is 55.3 Å². The summed E-state index contributed by atoms with van der Waals surface area (Å²) in [5.41, 5.74) is 24.2. The van der Waals surface area contributed by atoms with Crippen LogP contribution in [0.4, 0.5) is 5.69 Å². The molecular weight excluding hydrogens is 767 g/mol. The number of benzene rings is 7. The Morgan fingerprint density at radius 1 is 0.444 bits per heavy atom. The highest BCUT2D eigenvalue weighted by Crippen LogP contribution is 2.55. The van der Waals surface area contributed by atoms with Crippen molar-refractivity contribution in [2.45, 2.75) is 67.5 Å². The smallest absolute Gasteiger partial charge is 0.145 e. The first-order chi connectivity index (χ1) is 30.5. The molecule has 5 nitrogen and oxygen atoms in total. The van der Waals surface area contributed by atoms with Gasteiger partial charge in [0, 0.05) is 50.4 Å². The van der Waals surface area contributed by atoms with Crippen molar-refractivity contribution in [3.63, 3.8) is 0 Å². The summed E-state index contributed by atoms with van der Waals surface area (Å²) in [6.07, 6.45) is 1.90. The van der Waals surface area contributed by atoms with Crippen LogP contribution < -0.4 is 4.90 Å². The molecule has 0 radical (unpaired) electrons. The predicted molar refractivity (Wildman–Crippen MR) is 264 cm³/mol. The van der Waals surface area contributed by atoms with E-state index in [0.29, 0.717) is 0 Å². The molecule has 0 amide bonds. The summed E-state index contributed by atoms with van der Waals surface area (Å²) >= 11 is 0. The number of pyridine rings is 1. The summed E-state index contributed by atoms with van der Waals surface area (Å²) in [5.74, 6) is 1.01. The number of aliphatic imine (C=N–C) groups is 1. The Kier molecular flexibility index (Phi) is 8.12. The molecule has 0 fully saturated rings. The lowest BCUT2D eigenvalue weighted by atomic mass is 9.78. The van der Waals surface area contributed by atoms with E-state index in [9.17, 15) is 0 Å². The fraction of sp³-hybridized carbons (Fsp3) is 0.172. The second kappa shape index (κ2) is 13.6. The van der Waals surface area contributed by atoms with E-state index in [2.05, 4.69) is 197 Å². The van der Waals surface area contributed by atoms with Gasteiger partial charge in [0.05, 0.1) is 22.6 Å². The Morgan fingerprint density at radius 2 is 1.06 bits per heavy atom. The van der Waals surface area contributed by atoms with E-state index in [1.54, 1.807) is 0 Å². The van der Waals surface area contributed by atoms with Crippen LogP contribution in [0.25, 0.3) is 66.2 Å². The van der Waals surface area contributed by atoms with Gasteiger partial charge in [-0.3, -0.25) is 9.56 Å². The molecule has 306 valence electrons. The molecule has 5 heteroatoms. The van der Waals surface area contributed by atoms with Gasteiger partial charge < -0.3 is 9.47 Å². The third-order valence-corrected chi connectivity index (χ3v) is 13.7. The Bertz CT molecular complexity index is 3610. The molecule has 2 aliphatic rings. The first-order valence-corrected chi connectivity index (χ1v) is 22.2. The predicted octanol–water partition coefficient (Wildman–Crippen LogP) is 14.5. The van der Waals surface area contributed by atoms with Crippen molar-refractivity contribution in [2.24, 2.45) is 4.99 Å². The maximum absolute atomic E-state index is 5.87. The van der Waals surface area contributed by atoms with Gasteiger partial charge in [0.25, 0.3) is 0 Å². The maximum atomic E-state index is 5.87. The molecule has 0 unspecified atom stereocenters. The molecule has 0 N–H and O–H groups in total. The molecular formula is C58H49N5. The van der Waals surface area contributed by atoms with Crippen LogP contribution in [0.3, 0.4) is 0 Å². The fourth-order valence-corrected chi connectivity index (χ4v) is 11.2. The zero-order valence-corrected chi connectivity index (χ0v) is 37.2. The van der Waals surface area contributed by atoms with Crippen LogP contribution in [0, 0.1) is 55.4 Å². The molecule has 12 rings (SSSR count). The van der Waals surface area contributed by atoms with E-state index in [1.807, 2.05) is 12.3 Å². The van der Waals surface area contributed by atoms with Gasteiger partial charge in [-0.15, -0.1) is 0 Å². The number of hydrogen-bond donors (Lipinski definition) is 0. The minimum atomic E-state index is -0.0720. The average Bonchev–Trinajstić information content (AvgIpc) is 3.91. The number of fused-ring (bicyclic) bond motifs is 12. The number of aryl methyl sites for hydroxylation is 8. The van der Waals surface area contributed by atoms with E-state index >= 15 is 0 Å². The summed E-state index contributed by atoms with van der Waals surface area (Å²) < 4.78 is 4.80. The van der Waals surface area contributed by atoms with Crippen LogP contribution in [0.15, 0.2) is 145 Å². The van der Waals surface area contributed by atoms with Crippen LogP contribution in [-0.2, 0) is 0 Å². The van der Waals surface area contributed by atoms with Gasteiger partial charge in [0.15, 0.2) is 0 Å². The molecule has 0 spiro atoms. The molecule has 7 aromatic carbocycles. The van der Waals surface area contributed by atoms with Gasteiger partial charge in [-0.05, 0) is 161 Å². The number of aromatic nitrogens is 3. The van der Waals surface area contributed by atoms with Gasteiger partial charge in [-0.1, -0.05) is 94.5 Å². The minimum Gasteiger partial charge on any atom is -0.316 e. The molecule has 1 aliphatic heterocycles. The third-order valence-electron chi connectivity index (χ3n) is 13.7. The Labute approximate surface area is 368 Å². The lowest BCUT2D eigenvalue weighted by Gasteiger charge is -2.38. The Morgan fingerprint density at radius 3 is 1.79 bits per heavy atom. The number of nitrogens with zero attached hydrogens (tertiary/aromatic N) is 5. The van der Waals surface area contributed by atoms with Crippen LogP contribution in [-0.4, -0.2) is 20.0 Å². The van der Waals surface area contributed by atoms with Gasteiger partial charge in [-0.25, -0.2) is 4.98 Å². The van der Waals surface area contributed by atoms with Crippen LogP contribution in [0.2, 0.25) is 0 Å². The molecule has 10 aromatic rings. The highest BCUT2D eigenvalue weighted by Gasteiger charge is 2.45. The molecule has 3 aromatic heterocycles. The van der Waals surface area contributed by atoms with Crippen molar-refractivity contribution in [1.29, 1.82) is 0 Å². The Hall–Kier alpha value is -7.24. The van der Waals surface area contributed by atoms with Crippen molar-refractivity contribution in [1.82, 2.24) is 14.1 Å². The second-order valence-electron chi connectivity index (χ2n) is 18.5. The summed E-state index contributed by atoms with van der Waals surface area (Å²) in [4.78, 5) is 13.4. The molecule has 1 aliphatic carbocycles. The molecule has 0 saturated carbocycles. The summed E-state index contributed by atoms with van der Waals surface area (Å²) in [6, 6.07) is 50.4. The third kappa shape index (κ3) is 5.62. The van der Waals surface area contributed by atoms with Crippen LogP contribution in [0.5, 0.6) is 0 Å². The van der Waals surface area contributed by atoms with E-state index in [1.165, 1.54) is 94.1 Å². The summed E-state index contributed by atoms with van der Waals surface area (Å²) in [6.45, 7) is 17.7. The monoisotopic (exact) mass is 815 g/mol. The zero-order valence-electron chi connectivity index (χ0n) is 37.2. The van der Waals surface area contributed by atoms with E-state index < -0.39 is 0 Å². The first kappa shape index (κ1) is 37.5. The van der Waals surface area contributed by atoms with E-state index in [0.717, 1.165) is 44.8 Å². The quantitative estimate of drug-likeness (QED) is 0.177. The summed E-state index contributed by atoms with van der Waals surface area (Å²) in [5, 5.41) is 4.84. The molecule has 4 heterocycles. The highest BCUT2D eigenvalue weighted by molar-refractivity contribution is 6.15. The Balaban J connectivity index is 1.11. The second-order valence-corrected chi connectivity index (χ2v) is 18.5. The summed E-state index contributed by atoms with van der Waals surface area (Å²) in [7, 11) is 0. The first-order valence-electron chi connectivity index (χ1n) is 22.2. The number of amidine groups is 1. The fourth-order valence-electron chi connectivity index (χ4n) is 11.2. The van der Waals surface area contributed by atoms with Gasteiger partial charge in [0.1, 0.15) is 17.5 Å². The minimum absolute atomic E-state index is 0.00254. The largest absolute Gasteiger partial charge is 0.316 e. The lowest BCUT2D eigenvalue weighted by molar-refractivity contribution is 0.603. The SMILES string of the molecule is Cc1cc(C2=N[C@@H]3c4ccc(C)cc4-c4cc(C)ccc4[C@@H]3N2c2c(C)cc(C)cc2C)cc(-n2c3ccc(C)cc3c3ccc(-n4c5ccc(C)cc5c5cccnc54)cc32)c1. The molecule has 0 saturated heterocycles. The number of anilines is 1. The lowest BCUT2D eigenvalue weighted by Crippen LogP contribution is -2.35. The highest BCUT2D eigenvalue weighted by atomic mass is 15.3. The van der Waals surface area contributed by atoms with Crippen molar-refractivity contribution in [3.8, 4) is 22.5 Å². The maximum Gasteiger partial charge on any atom is 0.145 e. The van der Waals surface area contributed by atoms with Gasteiger partial charge >= 0.3 is 0 Å². The van der Waals surface area contributed by atoms with Crippen molar-refractivity contribution < 1.29 is 0 Å². The van der Waals surface area contributed by atoms with Crippen molar-refractivity contribution in [3.05, 3.63) is 201 Å². The molecule has 0 bridgehead atoms. The number of hydrogen-bond acceptors (Lipinski definition) is 3. The normalized spacial score (nSPS) is 15.7. The van der Waals surface area contributed by atoms with Crippen molar-refractivity contribution in [2.75, 3.05) is 4.90 Å². The topological polar surface area (TPSA) is 38.4 Å². The van der Waals surface area contributed by atoms with E-state index in [4.69, 9.17) is 9.98 Å². The standard InChI is InChI=1S/C58H49N5/c1-32-11-16-44-47(26-32)48-27-33(2)12-17-45(48)56-54(44)60-57(63(56)55-38(7)22-36(5)23-39(55)8)40-24-37(6)25-42(30-40)61-51-19-13-34(3)28-49(51)43-18-15-41(31-53(43)61)62-52-20-14-35(4)29-50(52)46-10-9-21-59-58(46)62/h9-31,54,56H,1-8H3/t54-,56+/m1/s1.